The highest BCUT2D eigenvalue weighted by Crippen LogP contribution is 2.10. The highest BCUT2D eigenvalue weighted by Gasteiger charge is 2.12. The number of rotatable bonds is 7. The van der Waals surface area contributed by atoms with Gasteiger partial charge in [-0.1, -0.05) is 20.8 Å². The molecular formula is C14H32N2. The Balaban J connectivity index is 3.64. The van der Waals surface area contributed by atoms with Crippen molar-refractivity contribution in [2.75, 3.05) is 19.6 Å². The molecule has 0 atom stereocenters. The van der Waals surface area contributed by atoms with E-state index in [1.54, 1.807) is 0 Å². The molecule has 0 unspecified atom stereocenters. The average Bonchev–Trinajstić information content (AvgIpc) is 2.07. The minimum Gasteiger partial charge on any atom is -0.316 e. The fourth-order valence-electron chi connectivity index (χ4n) is 1.96. The van der Waals surface area contributed by atoms with E-state index in [4.69, 9.17) is 0 Å². The van der Waals surface area contributed by atoms with Crippen LogP contribution in [0.15, 0.2) is 0 Å². The van der Waals surface area contributed by atoms with E-state index in [1.165, 1.54) is 13.0 Å². The molecule has 0 aromatic heterocycles. The van der Waals surface area contributed by atoms with Gasteiger partial charge in [0.05, 0.1) is 0 Å². The molecular weight excluding hydrogens is 196 g/mol. The minimum atomic E-state index is 0.399. The molecule has 0 aliphatic heterocycles. The number of nitrogens with one attached hydrogen (secondary N) is 1. The summed E-state index contributed by atoms with van der Waals surface area (Å²) in [5, 5.41) is 3.53. The van der Waals surface area contributed by atoms with E-state index in [9.17, 15) is 0 Å². The van der Waals surface area contributed by atoms with Crippen molar-refractivity contribution in [2.24, 2.45) is 5.41 Å². The Morgan fingerprint density at radius 3 is 1.88 bits per heavy atom. The van der Waals surface area contributed by atoms with Crippen LogP contribution in [0, 0.1) is 5.41 Å². The topological polar surface area (TPSA) is 15.3 Å². The summed E-state index contributed by atoms with van der Waals surface area (Å²) in [6.07, 6.45) is 1.24. The third-order valence-electron chi connectivity index (χ3n) is 2.75. The lowest BCUT2D eigenvalue weighted by molar-refractivity contribution is 0.172. The summed E-state index contributed by atoms with van der Waals surface area (Å²) in [4.78, 5) is 2.55. The molecule has 0 aliphatic carbocycles. The van der Waals surface area contributed by atoms with Crippen LogP contribution in [-0.2, 0) is 0 Å². The summed E-state index contributed by atoms with van der Waals surface area (Å²) in [5.74, 6) is 0. The largest absolute Gasteiger partial charge is 0.316 e. The summed E-state index contributed by atoms with van der Waals surface area (Å²) in [6.45, 7) is 19.4. The van der Waals surface area contributed by atoms with Gasteiger partial charge in [0.2, 0.25) is 0 Å². The third-order valence-corrected chi connectivity index (χ3v) is 2.75. The van der Waals surface area contributed by atoms with Crippen molar-refractivity contribution in [1.29, 1.82) is 0 Å². The molecule has 0 radical (unpaired) electrons. The van der Waals surface area contributed by atoms with Gasteiger partial charge in [0, 0.05) is 12.1 Å². The molecule has 0 aromatic rings. The van der Waals surface area contributed by atoms with Crippen LogP contribution in [0.2, 0.25) is 0 Å². The molecule has 0 aliphatic rings. The lowest BCUT2D eigenvalue weighted by atomic mass is 9.97. The Bertz CT molecular complexity index is 160. The monoisotopic (exact) mass is 228 g/mol. The quantitative estimate of drug-likeness (QED) is 0.674. The van der Waals surface area contributed by atoms with E-state index >= 15 is 0 Å². The number of nitrogens with zero attached hydrogens (tertiary/aromatic N) is 1. The first kappa shape index (κ1) is 15.9. The van der Waals surface area contributed by atoms with Gasteiger partial charge in [-0.3, -0.25) is 4.90 Å². The van der Waals surface area contributed by atoms with Crippen molar-refractivity contribution >= 4 is 0 Å². The van der Waals surface area contributed by atoms with Crippen LogP contribution in [0.5, 0.6) is 0 Å². The van der Waals surface area contributed by atoms with Gasteiger partial charge < -0.3 is 5.32 Å². The van der Waals surface area contributed by atoms with Crippen molar-refractivity contribution < 1.29 is 0 Å². The van der Waals surface area contributed by atoms with Gasteiger partial charge >= 0.3 is 0 Å². The van der Waals surface area contributed by atoms with E-state index in [1.807, 2.05) is 0 Å². The predicted octanol–water partition coefficient (Wildman–Crippen LogP) is 3.13. The zero-order valence-corrected chi connectivity index (χ0v) is 12.4. The molecule has 1 N–H and O–H groups in total. The van der Waals surface area contributed by atoms with Crippen LogP contribution in [0.1, 0.15) is 54.9 Å². The molecule has 0 aromatic carbocycles. The third kappa shape index (κ3) is 8.12. The first-order chi connectivity index (χ1) is 7.24. The molecule has 0 spiro atoms. The molecule has 0 amide bonds. The first-order valence-corrected chi connectivity index (χ1v) is 6.70. The van der Waals surface area contributed by atoms with Crippen molar-refractivity contribution in [3.8, 4) is 0 Å². The van der Waals surface area contributed by atoms with Crippen LogP contribution in [0.4, 0.5) is 0 Å². The van der Waals surface area contributed by atoms with Gasteiger partial charge in [-0.15, -0.1) is 0 Å². The molecule has 2 heteroatoms. The highest BCUT2D eigenvalue weighted by molar-refractivity contribution is 4.69. The molecule has 16 heavy (non-hydrogen) atoms. The Morgan fingerprint density at radius 1 is 1.00 bits per heavy atom. The van der Waals surface area contributed by atoms with E-state index in [2.05, 4.69) is 58.7 Å². The zero-order chi connectivity index (χ0) is 12.8. The molecule has 0 rings (SSSR count). The first-order valence-electron chi connectivity index (χ1n) is 6.70. The summed E-state index contributed by atoms with van der Waals surface area (Å²) >= 11 is 0. The average molecular weight is 228 g/mol. The molecule has 0 saturated carbocycles. The van der Waals surface area contributed by atoms with Crippen LogP contribution in [0.3, 0.4) is 0 Å². The van der Waals surface area contributed by atoms with Gasteiger partial charge in [0.25, 0.3) is 0 Å². The number of hydrogen-bond donors (Lipinski definition) is 1. The molecule has 0 fully saturated rings. The van der Waals surface area contributed by atoms with E-state index < -0.39 is 0 Å². The Labute approximate surface area is 103 Å². The molecule has 98 valence electrons. The fraction of sp³-hybridized carbons (Fsp3) is 1.00. The van der Waals surface area contributed by atoms with Gasteiger partial charge in [0.15, 0.2) is 0 Å². The van der Waals surface area contributed by atoms with Gasteiger partial charge in [-0.05, 0) is 59.2 Å². The fourth-order valence-corrected chi connectivity index (χ4v) is 1.96. The maximum Gasteiger partial charge on any atom is 0.00413 e. The maximum absolute atomic E-state index is 3.53. The van der Waals surface area contributed by atoms with Crippen molar-refractivity contribution in [3.05, 3.63) is 0 Å². The van der Waals surface area contributed by atoms with Crippen LogP contribution < -0.4 is 5.32 Å². The van der Waals surface area contributed by atoms with Crippen molar-refractivity contribution in [2.45, 2.75) is 67.0 Å². The zero-order valence-electron chi connectivity index (χ0n) is 12.4. The smallest absolute Gasteiger partial charge is 0.00413 e. The molecule has 2 nitrogen and oxygen atoms in total. The SMILES string of the molecule is CC(C)N(CCCNCC(C)(C)C)C(C)C. The van der Waals surface area contributed by atoms with Gasteiger partial charge in [0.1, 0.15) is 0 Å². The second-order valence-electron chi connectivity index (χ2n) is 6.52. The summed E-state index contributed by atoms with van der Waals surface area (Å²) in [5.41, 5.74) is 0.399. The molecule has 0 heterocycles. The van der Waals surface area contributed by atoms with E-state index in [-0.39, 0.29) is 0 Å². The summed E-state index contributed by atoms with van der Waals surface area (Å²) in [6, 6.07) is 1.31. The summed E-state index contributed by atoms with van der Waals surface area (Å²) < 4.78 is 0. The predicted molar refractivity (Wildman–Crippen MR) is 73.9 cm³/mol. The Hall–Kier alpha value is -0.0800. The second-order valence-corrected chi connectivity index (χ2v) is 6.52. The van der Waals surface area contributed by atoms with Crippen LogP contribution in [0.25, 0.3) is 0 Å². The van der Waals surface area contributed by atoms with Crippen molar-refractivity contribution in [1.82, 2.24) is 10.2 Å². The van der Waals surface area contributed by atoms with E-state index in [0.29, 0.717) is 17.5 Å². The summed E-state index contributed by atoms with van der Waals surface area (Å²) in [7, 11) is 0. The molecule has 0 bridgehead atoms. The highest BCUT2D eigenvalue weighted by atomic mass is 15.2. The maximum atomic E-state index is 3.53. The van der Waals surface area contributed by atoms with Crippen LogP contribution >= 0.6 is 0 Å². The second kappa shape index (κ2) is 7.29. The lowest BCUT2D eigenvalue weighted by Gasteiger charge is -2.30. The Morgan fingerprint density at radius 2 is 1.50 bits per heavy atom. The van der Waals surface area contributed by atoms with Gasteiger partial charge in [-0.2, -0.15) is 0 Å². The number of hydrogen-bond acceptors (Lipinski definition) is 2. The van der Waals surface area contributed by atoms with Crippen LogP contribution in [-0.4, -0.2) is 36.6 Å². The molecule has 0 saturated heterocycles. The minimum absolute atomic E-state index is 0.399. The lowest BCUT2D eigenvalue weighted by Crippen LogP contribution is -2.39. The van der Waals surface area contributed by atoms with Crippen molar-refractivity contribution in [3.63, 3.8) is 0 Å². The standard InChI is InChI=1S/C14H32N2/c1-12(2)16(13(3)4)10-8-9-15-11-14(5,6)7/h12-13,15H,8-11H2,1-7H3. The normalized spacial score (nSPS) is 13.1. The van der Waals surface area contributed by atoms with Gasteiger partial charge in [-0.25, -0.2) is 0 Å². The Kier molecular flexibility index (Phi) is 7.25. The van der Waals surface area contributed by atoms with E-state index in [0.717, 1.165) is 13.1 Å².